The quantitative estimate of drug-likeness (QED) is 0.562. The van der Waals surface area contributed by atoms with Crippen LogP contribution in [0.3, 0.4) is 0 Å². The van der Waals surface area contributed by atoms with Gasteiger partial charge in [0, 0.05) is 13.2 Å². The van der Waals surface area contributed by atoms with E-state index in [1.807, 2.05) is 17.8 Å². The van der Waals surface area contributed by atoms with Gasteiger partial charge in [0.15, 0.2) is 0 Å². The fourth-order valence-electron chi connectivity index (χ4n) is 1.58. The monoisotopic (exact) mass is 196 g/mol. The Morgan fingerprint density at radius 1 is 1.43 bits per heavy atom. The maximum atomic E-state index is 5.58. The van der Waals surface area contributed by atoms with Gasteiger partial charge in [0.1, 0.15) is 0 Å². The van der Waals surface area contributed by atoms with Gasteiger partial charge in [0.25, 0.3) is 0 Å². The van der Waals surface area contributed by atoms with E-state index in [9.17, 15) is 0 Å². The first-order valence-corrected chi connectivity index (χ1v) is 5.02. The predicted octanol–water partition coefficient (Wildman–Crippen LogP) is 1.22. The van der Waals surface area contributed by atoms with Crippen LogP contribution in [0, 0.1) is 11.8 Å². The molecule has 0 saturated carbocycles. The van der Waals surface area contributed by atoms with Crippen molar-refractivity contribution in [1.29, 1.82) is 0 Å². The number of aromatic nitrogens is 2. The van der Waals surface area contributed by atoms with E-state index in [4.69, 9.17) is 5.84 Å². The lowest BCUT2D eigenvalue weighted by atomic mass is 9.89. The molecule has 14 heavy (non-hydrogen) atoms. The van der Waals surface area contributed by atoms with E-state index in [1.165, 1.54) is 0 Å². The second-order valence-electron chi connectivity index (χ2n) is 4.13. The average molecular weight is 196 g/mol. The summed E-state index contributed by atoms with van der Waals surface area (Å²) < 4.78 is 1.86. The number of aryl methyl sites for hydroxylation is 1. The van der Waals surface area contributed by atoms with Crippen molar-refractivity contribution in [2.24, 2.45) is 24.7 Å². The molecule has 0 bridgehead atoms. The third-order valence-corrected chi connectivity index (χ3v) is 2.93. The van der Waals surface area contributed by atoms with Crippen LogP contribution in [-0.2, 0) is 7.05 Å². The first-order valence-electron chi connectivity index (χ1n) is 5.02. The Bertz CT molecular complexity index is 279. The van der Waals surface area contributed by atoms with E-state index in [-0.39, 0.29) is 6.04 Å². The number of hydrogen-bond acceptors (Lipinski definition) is 3. The molecule has 0 saturated heterocycles. The molecule has 4 heteroatoms. The molecule has 0 aliphatic carbocycles. The third kappa shape index (κ3) is 2.13. The van der Waals surface area contributed by atoms with Crippen LogP contribution >= 0.6 is 0 Å². The number of rotatable bonds is 4. The molecule has 0 radical (unpaired) electrons. The van der Waals surface area contributed by atoms with Crippen LogP contribution in [0.1, 0.15) is 32.5 Å². The summed E-state index contributed by atoms with van der Waals surface area (Å²) in [4.78, 5) is 0. The van der Waals surface area contributed by atoms with Crippen molar-refractivity contribution in [3.63, 3.8) is 0 Å². The predicted molar refractivity (Wildman–Crippen MR) is 57.3 cm³/mol. The standard InChI is InChI=1S/C10H20N4/c1-7(2)8(3)10(13-11)9-5-6-12-14(9)4/h5-8,10,13H,11H2,1-4H3. The Morgan fingerprint density at radius 2 is 2.07 bits per heavy atom. The normalized spacial score (nSPS) is 15.9. The highest BCUT2D eigenvalue weighted by atomic mass is 15.3. The summed E-state index contributed by atoms with van der Waals surface area (Å²) in [7, 11) is 1.94. The highest BCUT2D eigenvalue weighted by Gasteiger charge is 2.22. The molecule has 0 aliphatic heterocycles. The molecule has 4 nitrogen and oxygen atoms in total. The maximum absolute atomic E-state index is 5.58. The first kappa shape index (κ1) is 11.2. The van der Waals surface area contributed by atoms with Crippen molar-refractivity contribution < 1.29 is 0 Å². The van der Waals surface area contributed by atoms with E-state index in [1.54, 1.807) is 6.20 Å². The fourth-order valence-corrected chi connectivity index (χ4v) is 1.58. The summed E-state index contributed by atoms with van der Waals surface area (Å²) in [5.74, 6) is 6.65. The van der Waals surface area contributed by atoms with Gasteiger partial charge in [-0.15, -0.1) is 0 Å². The molecular weight excluding hydrogens is 176 g/mol. The highest BCUT2D eigenvalue weighted by Crippen LogP contribution is 2.26. The number of hydrazine groups is 1. The molecule has 1 heterocycles. The molecule has 1 aromatic rings. The lowest BCUT2D eigenvalue weighted by molar-refractivity contribution is 0.295. The van der Waals surface area contributed by atoms with Crippen LogP contribution < -0.4 is 11.3 Å². The zero-order valence-corrected chi connectivity index (χ0v) is 9.36. The van der Waals surface area contributed by atoms with Crippen LogP contribution in [0.15, 0.2) is 12.3 Å². The van der Waals surface area contributed by atoms with Crippen LogP contribution in [0.4, 0.5) is 0 Å². The van der Waals surface area contributed by atoms with Gasteiger partial charge in [0.05, 0.1) is 11.7 Å². The lowest BCUT2D eigenvalue weighted by Crippen LogP contribution is -2.35. The van der Waals surface area contributed by atoms with Gasteiger partial charge in [-0.2, -0.15) is 5.10 Å². The second kappa shape index (κ2) is 4.57. The minimum Gasteiger partial charge on any atom is -0.271 e. The lowest BCUT2D eigenvalue weighted by Gasteiger charge is -2.26. The van der Waals surface area contributed by atoms with Gasteiger partial charge < -0.3 is 0 Å². The molecular formula is C10H20N4. The Kier molecular flexibility index (Phi) is 3.66. The molecule has 0 aromatic carbocycles. The molecule has 0 fully saturated rings. The SMILES string of the molecule is CC(C)C(C)C(NN)c1ccnn1C. The molecule has 2 atom stereocenters. The van der Waals surface area contributed by atoms with Gasteiger partial charge in [0.2, 0.25) is 0 Å². The summed E-state index contributed by atoms with van der Waals surface area (Å²) in [6.07, 6.45) is 1.80. The zero-order chi connectivity index (χ0) is 10.7. The summed E-state index contributed by atoms with van der Waals surface area (Å²) in [6.45, 7) is 6.60. The average Bonchev–Trinajstić information content (AvgIpc) is 2.53. The Labute approximate surface area is 85.5 Å². The number of nitrogens with two attached hydrogens (primary N) is 1. The van der Waals surface area contributed by atoms with Crippen molar-refractivity contribution in [2.45, 2.75) is 26.8 Å². The van der Waals surface area contributed by atoms with Crippen molar-refractivity contribution >= 4 is 0 Å². The van der Waals surface area contributed by atoms with Gasteiger partial charge in [-0.05, 0) is 17.9 Å². The summed E-state index contributed by atoms with van der Waals surface area (Å²) in [6, 6.07) is 2.17. The summed E-state index contributed by atoms with van der Waals surface area (Å²) >= 11 is 0. The molecule has 0 aliphatic rings. The Morgan fingerprint density at radius 3 is 2.43 bits per heavy atom. The molecule has 1 rings (SSSR count). The van der Waals surface area contributed by atoms with Crippen LogP contribution in [0.2, 0.25) is 0 Å². The highest BCUT2D eigenvalue weighted by molar-refractivity contribution is 5.07. The third-order valence-electron chi connectivity index (χ3n) is 2.93. The molecule has 3 N–H and O–H groups in total. The molecule has 0 amide bonds. The molecule has 2 unspecified atom stereocenters. The van der Waals surface area contributed by atoms with E-state index in [2.05, 4.69) is 31.3 Å². The minimum atomic E-state index is 0.169. The van der Waals surface area contributed by atoms with Crippen LogP contribution in [-0.4, -0.2) is 9.78 Å². The second-order valence-corrected chi connectivity index (χ2v) is 4.13. The van der Waals surface area contributed by atoms with Crippen molar-refractivity contribution in [3.05, 3.63) is 18.0 Å². The molecule has 1 aromatic heterocycles. The Hall–Kier alpha value is -0.870. The smallest absolute Gasteiger partial charge is 0.0656 e. The van der Waals surface area contributed by atoms with E-state index >= 15 is 0 Å². The first-order chi connectivity index (χ1) is 6.57. The largest absolute Gasteiger partial charge is 0.271 e. The van der Waals surface area contributed by atoms with E-state index in [0.717, 1.165) is 5.69 Å². The van der Waals surface area contributed by atoms with Crippen LogP contribution in [0.5, 0.6) is 0 Å². The van der Waals surface area contributed by atoms with Gasteiger partial charge in [-0.1, -0.05) is 20.8 Å². The Balaban J connectivity index is 2.87. The van der Waals surface area contributed by atoms with Gasteiger partial charge in [-0.25, -0.2) is 0 Å². The van der Waals surface area contributed by atoms with Crippen molar-refractivity contribution in [3.8, 4) is 0 Å². The van der Waals surface area contributed by atoms with Crippen molar-refractivity contribution in [2.75, 3.05) is 0 Å². The topological polar surface area (TPSA) is 55.9 Å². The molecule has 80 valence electrons. The van der Waals surface area contributed by atoms with E-state index < -0.39 is 0 Å². The van der Waals surface area contributed by atoms with Gasteiger partial charge >= 0.3 is 0 Å². The van der Waals surface area contributed by atoms with E-state index in [0.29, 0.717) is 11.8 Å². The number of nitrogens with one attached hydrogen (secondary N) is 1. The number of hydrogen-bond donors (Lipinski definition) is 2. The minimum absolute atomic E-state index is 0.169. The number of nitrogens with zero attached hydrogens (tertiary/aromatic N) is 2. The maximum Gasteiger partial charge on any atom is 0.0656 e. The zero-order valence-electron chi connectivity index (χ0n) is 9.36. The molecule has 0 spiro atoms. The summed E-state index contributed by atoms with van der Waals surface area (Å²) in [5, 5.41) is 4.15. The van der Waals surface area contributed by atoms with Crippen molar-refractivity contribution in [1.82, 2.24) is 15.2 Å². The summed E-state index contributed by atoms with van der Waals surface area (Å²) in [5.41, 5.74) is 4.00. The van der Waals surface area contributed by atoms with Crippen LogP contribution in [0.25, 0.3) is 0 Å². The van der Waals surface area contributed by atoms with Gasteiger partial charge in [-0.3, -0.25) is 16.0 Å². The fraction of sp³-hybridized carbons (Fsp3) is 0.700.